The van der Waals surface area contributed by atoms with Gasteiger partial charge in [0.15, 0.2) is 5.78 Å². The number of carbonyl (C=O) groups excluding carboxylic acids is 1. The van der Waals surface area contributed by atoms with Crippen LogP contribution < -0.4 is 4.74 Å². The van der Waals surface area contributed by atoms with Crippen molar-refractivity contribution in [1.29, 1.82) is 0 Å². The van der Waals surface area contributed by atoms with Crippen LogP contribution in [-0.2, 0) is 0 Å². The Hall–Kier alpha value is -1.39. The van der Waals surface area contributed by atoms with Gasteiger partial charge < -0.3 is 4.74 Å². The lowest BCUT2D eigenvalue weighted by Gasteiger charge is -2.07. The van der Waals surface area contributed by atoms with Gasteiger partial charge in [-0.05, 0) is 52.3 Å². The molecule has 0 aliphatic heterocycles. The smallest absolute Gasteiger partial charge is 0.194 e. The molecule has 19 heavy (non-hydrogen) atoms. The number of carbonyl (C=O) groups is 1. The molecule has 0 bridgehead atoms. The lowest BCUT2D eigenvalue weighted by atomic mass is 10.0. The number of benzene rings is 2. The standard InChI is InChI=1S/C14H9BrClFO2/c1-19-13-5-2-8(6-11(13)15)14(18)10-4-3-9(17)7-12(10)16/h2-7H,1H3. The molecule has 2 aromatic carbocycles. The topological polar surface area (TPSA) is 26.3 Å². The first kappa shape index (κ1) is 14.0. The number of hydrogen-bond acceptors (Lipinski definition) is 2. The summed E-state index contributed by atoms with van der Waals surface area (Å²) in [7, 11) is 1.54. The highest BCUT2D eigenvalue weighted by atomic mass is 79.9. The normalized spacial score (nSPS) is 10.3. The van der Waals surface area contributed by atoms with Gasteiger partial charge in [-0.3, -0.25) is 4.79 Å². The molecule has 5 heteroatoms. The maximum Gasteiger partial charge on any atom is 0.194 e. The predicted octanol–water partition coefficient (Wildman–Crippen LogP) is 4.48. The van der Waals surface area contributed by atoms with Crippen molar-refractivity contribution in [3.63, 3.8) is 0 Å². The molecule has 0 spiro atoms. The third kappa shape index (κ3) is 2.96. The molecule has 98 valence electrons. The van der Waals surface area contributed by atoms with E-state index in [1.807, 2.05) is 0 Å². The van der Waals surface area contributed by atoms with Crippen molar-refractivity contribution in [2.24, 2.45) is 0 Å². The van der Waals surface area contributed by atoms with E-state index in [-0.39, 0.29) is 16.4 Å². The van der Waals surface area contributed by atoms with E-state index >= 15 is 0 Å². The second-order valence-corrected chi connectivity index (χ2v) is 5.06. The summed E-state index contributed by atoms with van der Waals surface area (Å²) in [5.74, 6) is -0.118. The molecule has 2 rings (SSSR count). The van der Waals surface area contributed by atoms with Crippen molar-refractivity contribution in [3.05, 3.63) is 62.8 Å². The minimum Gasteiger partial charge on any atom is -0.496 e. The molecule has 0 heterocycles. The van der Waals surface area contributed by atoms with E-state index in [0.29, 0.717) is 15.8 Å². The van der Waals surface area contributed by atoms with Crippen LogP contribution in [0.4, 0.5) is 4.39 Å². The highest BCUT2D eigenvalue weighted by Crippen LogP contribution is 2.28. The molecular formula is C14H9BrClFO2. The van der Waals surface area contributed by atoms with E-state index in [4.69, 9.17) is 16.3 Å². The number of methoxy groups -OCH3 is 1. The van der Waals surface area contributed by atoms with E-state index in [1.165, 1.54) is 12.1 Å². The van der Waals surface area contributed by atoms with Crippen LogP contribution in [-0.4, -0.2) is 12.9 Å². The minimum atomic E-state index is -0.475. The molecule has 0 radical (unpaired) electrons. The number of halogens is 3. The van der Waals surface area contributed by atoms with Crippen molar-refractivity contribution in [2.45, 2.75) is 0 Å². The second kappa shape index (κ2) is 5.72. The van der Waals surface area contributed by atoms with Crippen molar-refractivity contribution in [3.8, 4) is 5.75 Å². The lowest BCUT2D eigenvalue weighted by molar-refractivity contribution is 0.103. The Balaban J connectivity index is 2.41. The first-order valence-electron chi connectivity index (χ1n) is 5.36. The fourth-order valence-corrected chi connectivity index (χ4v) is 2.43. The van der Waals surface area contributed by atoms with Gasteiger partial charge >= 0.3 is 0 Å². The predicted molar refractivity (Wildman–Crippen MR) is 75.5 cm³/mol. The van der Waals surface area contributed by atoms with Gasteiger partial charge in [0.05, 0.1) is 16.6 Å². The van der Waals surface area contributed by atoms with Crippen LogP contribution in [0.15, 0.2) is 40.9 Å². The van der Waals surface area contributed by atoms with Crippen molar-refractivity contribution < 1.29 is 13.9 Å². The minimum absolute atomic E-state index is 0.0944. The summed E-state index contributed by atoms with van der Waals surface area (Å²) in [6.07, 6.45) is 0. The Morgan fingerprint density at radius 1 is 1.26 bits per heavy atom. The third-order valence-corrected chi connectivity index (χ3v) is 3.52. The average Bonchev–Trinajstić information content (AvgIpc) is 2.38. The molecule has 0 fully saturated rings. The number of ketones is 1. The van der Waals surface area contributed by atoms with Crippen LogP contribution in [0.3, 0.4) is 0 Å². The number of rotatable bonds is 3. The van der Waals surface area contributed by atoms with Crippen LogP contribution >= 0.6 is 27.5 Å². The maximum absolute atomic E-state index is 13.0. The van der Waals surface area contributed by atoms with E-state index in [9.17, 15) is 9.18 Å². The van der Waals surface area contributed by atoms with Crippen molar-refractivity contribution in [1.82, 2.24) is 0 Å². The molecule has 2 nitrogen and oxygen atoms in total. The molecule has 0 amide bonds. The number of ether oxygens (including phenoxy) is 1. The Morgan fingerprint density at radius 2 is 2.00 bits per heavy atom. The zero-order chi connectivity index (χ0) is 14.0. The summed E-state index contributed by atoms with van der Waals surface area (Å²) < 4.78 is 18.7. The third-order valence-electron chi connectivity index (χ3n) is 2.59. The van der Waals surface area contributed by atoms with Gasteiger partial charge in [0.1, 0.15) is 11.6 Å². The van der Waals surface area contributed by atoms with Crippen LogP contribution in [0.25, 0.3) is 0 Å². The summed E-state index contributed by atoms with van der Waals surface area (Å²) in [6, 6.07) is 8.64. The molecular weight excluding hydrogens is 335 g/mol. The highest BCUT2D eigenvalue weighted by molar-refractivity contribution is 9.10. The summed E-state index contributed by atoms with van der Waals surface area (Å²) in [5, 5.41) is 0.0944. The van der Waals surface area contributed by atoms with Crippen LogP contribution in [0, 0.1) is 5.82 Å². The van der Waals surface area contributed by atoms with Crippen molar-refractivity contribution >= 4 is 33.3 Å². The summed E-state index contributed by atoms with van der Waals surface area (Å²) in [6.45, 7) is 0. The first-order chi connectivity index (χ1) is 9.02. The first-order valence-corrected chi connectivity index (χ1v) is 6.53. The lowest BCUT2D eigenvalue weighted by Crippen LogP contribution is -2.03. The summed E-state index contributed by atoms with van der Waals surface area (Å²) >= 11 is 9.18. The molecule has 0 aliphatic rings. The maximum atomic E-state index is 13.0. The van der Waals surface area contributed by atoms with E-state index in [0.717, 1.165) is 6.07 Å². The van der Waals surface area contributed by atoms with Gasteiger partial charge in [0, 0.05) is 11.1 Å². The van der Waals surface area contributed by atoms with Gasteiger partial charge in [-0.1, -0.05) is 11.6 Å². The van der Waals surface area contributed by atoms with Gasteiger partial charge in [0.2, 0.25) is 0 Å². The Bertz CT molecular complexity index is 643. The zero-order valence-corrected chi connectivity index (χ0v) is 12.3. The molecule has 0 aromatic heterocycles. The molecule has 0 unspecified atom stereocenters. The molecule has 2 aromatic rings. The van der Waals surface area contributed by atoms with Crippen molar-refractivity contribution in [2.75, 3.05) is 7.11 Å². The molecule has 0 saturated carbocycles. The Kier molecular flexibility index (Phi) is 4.22. The molecule has 0 saturated heterocycles. The number of hydrogen-bond donors (Lipinski definition) is 0. The van der Waals surface area contributed by atoms with Gasteiger partial charge in [-0.15, -0.1) is 0 Å². The fourth-order valence-electron chi connectivity index (χ4n) is 1.64. The van der Waals surface area contributed by atoms with Gasteiger partial charge in [-0.2, -0.15) is 0 Å². The second-order valence-electron chi connectivity index (χ2n) is 3.80. The zero-order valence-electron chi connectivity index (χ0n) is 9.91. The van der Waals surface area contributed by atoms with Gasteiger partial charge in [0.25, 0.3) is 0 Å². The van der Waals surface area contributed by atoms with E-state index < -0.39 is 5.82 Å². The SMILES string of the molecule is COc1ccc(C(=O)c2ccc(F)cc2Cl)cc1Br. The van der Waals surface area contributed by atoms with E-state index in [2.05, 4.69) is 15.9 Å². The summed E-state index contributed by atoms with van der Waals surface area (Å²) in [4.78, 5) is 12.3. The van der Waals surface area contributed by atoms with Crippen LogP contribution in [0.1, 0.15) is 15.9 Å². The fraction of sp³-hybridized carbons (Fsp3) is 0.0714. The summed E-state index contributed by atoms with van der Waals surface area (Å²) in [5.41, 5.74) is 0.710. The van der Waals surface area contributed by atoms with Crippen LogP contribution in [0.5, 0.6) is 5.75 Å². The largest absolute Gasteiger partial charge is 0.496 e. The quantitative estimate of drug-likeness (QED) is 0.768. The highest BCUT2D eigenvalue weighted by Gasteiger charge is 2.14. The molecule has 0 N–H and O–H groups in total. The van der Waals surface area contributed by atoms with E-state index in [1.54, 1.807) is 25.3 Å². The van der Waals surface area contributed by atoms with Crippen LogP contribution in [0.2, 0.25) is 5.02 Å². The monoisotopic (exact) mass is 342 g/mol. The average molecular weight is 344 g/mol. The van der Waals surface area contributed by atoms with Gasteiger partial charge in [-0.25, -0.2) is 4.39 Å². The molecule has 0 aliphatic carbocycles. The Labute approximate surface area is 123 Å². The Morgan fingerprint density at radius 3 is 2.58 bits per heavy atom. The molecule has 0 atom stereocenters.